The summed E-state index contributed by atoms with van der Waals surface area (Å²) in [5.74, 6) is 0.649. The van der Waals surface area contributed by atoms with Crippen molar-refractivity contribution in [2.75, 3.05) is 18.5 Å². The van der Waals surface area contributed by atoms with E-state index in [0.717, 1.165) is 36.9 Å². The zero-order valence-electron chi connectivity index (χ0n) is 15.8. The molecule has 0 saturated carbocycles. The van der Waals surface area contributed by atoms with Gasteiger partial charge in [-0.25, -0.2) is 13.4 Å². The van der Waals surface area contributed by atoms with Gasteiger partial charge in [0.1, 0.15) is 5.76 Å². The van der Waals surface area contributed by atoms with Crippen LogP contribution in [0.2, 0.25) is 0 Å². The van der Waals surface area contributed by atoms with Crippen LogP contribution in [0.4, 0.5) is 5.13 Å². The number of hydrogen-bond donors (Lipinski definition) is 1. The lowest BCUT2D eigenvalue weighted by Crippen LogP contribution is -2.31. The van der Waals surface area contributed by atoms with Crippen molar-refractivity contribution in [3.05, 3.63) is 53.8 Å². The Kier molecular flexibility index (Phi) is 6.08. The van der Waals surface area contributed by atoms with E-state index in [0.29, 0.717) is 28.9 Å². The Morgan fingerprint density at radius 3 is 2.55 bits per heavy atom. The van der Waals surface area contributed by atoms with Gasteiger partial charge >= 0.3 is 0 Å². The summed E-state index contributed by atoms with van der Waals surface area (Å²) in [6.45, 7) is 1.20. The lowest BCUT2D eigenvalue weighted by atomic mass is 10.2. The van der Waals surface area contributed by atoms with Gasteiger partial charge < -0.3 is 4.42 Å². The van der Waals surface area contributed by atoms with Crippen LogP contribution in [0.5, 0.6) is 0 Å². The van der Waals surface area contributed by atoms with Gasteiger partial charge in [0.25, 0.3) is 0 Å². The minimum Gasteiger partial charge on any atom is -0.463 e. The summed E-state index contributed by atoms with van der Waals surface area (Å²) in [6.07, 6.45) is 7.19. The third kappa shape index (κ3) is 4.75. The number of nitrogens with zero attached hydrogens (tertiary/aromatic N) is 3. The highest BCUT2D eigenvalue weighted by Gasteiger charge is 2.25. The number of hydrogen-bond acceptors (Lipinski definition) is 7. The van der Waals surface area contributed by atoms with E-state index < -0.39 is 10.0 Å². The van der Waals surface area contributed by atoms with Crippen LogP contribution in [0.25, 0.3) is 11.3 Å². The second-order valence-corrected chi connectivity index (χ2v) is 9.56. The molecule has 9 heteroatoms. The first kappa shape index (κ1) is 19.8. The van der Waals surface area contributed by atoms with Gasteiger partial charge in [0.15, 0.2) is 0 Å². The molecule has 0 atom stereocenters. The molecule has 0 unspecified atom stereocenters. The summed E-state index contributed by atoms with van der Waals surface area (Å²) in [7, 11) is -3.44. The summed E-state index contributed by atoms with van der Waals surface area (Å²) in [5, 5.41) is 6.64. The molecular weight excluding hydrogens is 408 g/mol. The van der Waals surface area contributed by atoms with Crippen LogP contribution in [0.15, 0.2) is 62.5 Å². The fourth-order valence-electron chi connectivity index (χ4n) is 3.20. The van der Waals surface area contributed by atoms with Gasteiger partial charge in [-0.1, -0.05) is 25.0 Å². The SMILES string of the molecule is O=S(=O)(c1ccc(-c2csc(NN=Cc3ccco3)n2)cc1)N1CCCCCC1. The number of furan rings is 1. The highest BCUT2D eigenvalue weighted by Crippen LogP contribution is 2.27. The zero-order chi connectivity index (χ0) is 20.1. The average molecular weight is 431 g/mol. The quantitative estimate of drug-likeness (QED) is 0.462. The highest BCUT2D eigenvalue weighted by molar-refractivity contribution is 7.89. The smallest absolute Gasteiger partial charge is 0.243 e. The molecule has 0 bridgehead atoms. The molecule has 29 heavy (non-hydrogen) atoms. The van der Waals surface area contributed by atoms with Crippen molar-refractivity contribution >= 4 is 32.7 Å². The monoisotopic (exact) mass is 430 g/mol. The number of benzene rings is 1. The molecule has 152 valence electrons. The number of aromatic nitrogens is 1. The molecule has 2 aromatic heterocycles. The minimum atomic E-state index is -3.44. The number of anilines is 1. The van der Waals surface area contributed by atoms with E-state index in [1.54, 1.807) is 53.2 Å². The Bertz CT molecular complexity index is 1050. The Morgan fingerprint density at radius 2 is 1.86 bits per heavy atom. The Morgan fingerprint density at radius 1 is 1.10 bits per heavy atom. The van der Waals surface area contributed by atoms with Gasteiger partial charge in [-0.05, 0) is 37.1 Å². The molecule has 1 saturated heterocycles. The third-order valence-electron chi connectivity index (χ3n) is 4.75. The van der Waals surface area contributed by atoms with Crippen LogP contribution in [-0.2, 0) is 10.0 Å². The number of sulfonamides is 1. The summed E-state index contributed by atoms with van der Waals surface area (Å²) in [4.78, 5) is 4.83. The second-order valence-electron chi connectivity index (χ2n) is 6.77. The first-order chi connectivity index (χ1) is 14.1. The van der Waals surface area contributed by atoms with Crippen LogP contribution in [0.1, 0.15) is 31.4 Å². The van der Waals surface area contributed by atoms with E-state index in [1.165, 1.54) is 11.3 Å². The van der Waals surface area contributed by atoms with Crippen molar-refractivity contribution in [2.45, 2.75) is 30.6 Å². The zero-order valence-corrected chi connectivity index (χ0v) is 17.5. The summed E-state index contributed by atoms with van der Waals surface area (Å²) in [5.41, 5.74) is 4.50. The largest absolute Gasteiger partial charge is 0.463 e. The number of thiazole rings is 1. The molecule has 7 nitrogen and oxygen atoms in total. The van der Waals surface area contributed by atoms with Crippen LogP contribution in [0.3, 0.4) is 0 Å². The van der Waals surface area contributed by atoms with Crippen molar-refractivity contribution in [2.24, 2.45) is 5.10 Å². The Balaban J connectivity index is 1.44. The lowest BCUT2D eigenvalue weighted by molar-refractivity contribution is 0.424. The maximum Gasteiger partial charge on any atom is 0.243 e. The molecule has 0 aliphatic carbocycles. The predicted octanol–water partition coefficient (Wildman–Crippen LogP) is 4.41. The summed E-state index contributed by atoms with van der Waals surface area (Å²) >= 11 is 1.42. The van der Waals surface area contributed by atoms with Crippen LogP contribution >= 0.6 is 11.3 Å². The maximum absolute atomic E-state index is 12.9. The summed E-state index contributed by atoms with van der Waals surface area (Å²) < 4.78 is 32.6. The van der Waals surface area contributed by atoms with Crippen molar-refractivity contribution in [1.29, 1.82) is 0 Å². The van der Waals surface area contributed by atoms with E-state index in [2.05, 4.69) is 15.5 Å². The average Bonchev–Trinajstić information content (AvgIpc) is 3.34. The second kappa shape index (κ2) is 8.89. The molecule has 1 aromatic carbocycles. The van der Waals surface area contributed by atoms with Crippen molar-refractivity contribution in [1.82, 2.24) is 9.29 Å². The molecular formula is C20H22N4O3S2. The normalized spacial score (nSPS) is 16.1. The molecule has 0 spiro atoms. The molecule has 1 fully saturated rings. The molecule has 0 amide bonds. The topological polar surface area (TPSA) is 87.8 Å². The first-order valence-corrected chi connectivity index (χ1v) is 11.8. The highest BCUT2D eigenvalue weighted by atomic mass is 32.2. The van der Waals surface area contributed by atoms with E-state index in [4.69, 9.17) is 4.42 Å². The van der Waals surface area contributed by atoms with E-state index in [1.807, 2.05) is 5.38 Å². The van der Waals surface area contributed by atoms with Crippen LogP contribution in [-0.4, -0.2) is 37.0 Å². The first-order valence-electron chi connectivity index (χ1n) is 9.52. The number of nitrogens with one attached hydrogen (secondary N) is 1. The lowest BCUT2D eigenvalue weighted by Gasteiger charge is -2.19. The molecule has 4 rings (SSSR count). The molecule has 1 aliphatic heterocycles. The van der Waals surface area contributed by atoms with E-state index in [9.17, 15) is 8.42 Å². The van der Waals surface area contributed by atoms with Crippen LogP contribution < -0.4 is 5.43 Å². The van der Waals surface area contributed by atoms with Gasteiger partial charge in [0, 0.05) is 24.0 Å². The maximum atomic E-state index is 12.9. The number of hydrazone groups is 1. The fourth-order valence-corrected chi connectivity index (χ4v) is 5.39. The summed E-state index contributed by atoms with van der Waals surface area (Å²) in [6, 6.07) is 10.5. The standard InChI is InChI=1S/C20H22N4O3S2/c25-29(26,24-11-3-1-2-4-12-24)18-9-7-16(8-10-18)19-15-28-20(22-19)23-21-14-17-6-5-13-27-17/h5-10,13-15H,1-4,11-12H2,(H,22,23). The van der Waals surface area contributed by atoms with Gasteiger partial charge in [0.05, 0.1) is 23.1 Å². The van der Waals surface area contributed by atoms with Gasteiger partial charge in [-0.2, -0.15) is 9.41 Å². The Hall–Kier alpha value is -2.49. The minimum absolute atomic E-state index is 0.333. The molecule has 1 N–H and O–H groups in total. The molecule has 1 aliphatic rings. The molecule has 0 radical (unpaired) electrons. The van der Waals surface area contributed by atoms with Crippen molar-refractivity contribution in [3.8, 4) is 11.3 Å². The van der Waals surface area contributed by atoms with Crippen LogP contribution in [0, 0.1) is 0 Å². The van der Waals surface area contributed by atoms with E-state index >= 15 is 0 Å². The van der Waals surface area contributed by atoms with E-state index in [-0.39, 0.29) is 0 Å². The number of rotatable bonds is 6. The molecule has 3 aromatic rings. The fraction of sp³-hybridized carbons (Fsp3) is 0.300. The van der Waals surface area contributed by atoms with Gasteiger partial charge in [0.2, 0.25) is 15.2 Å². The Labute approximate surface area is 174 Å². The molecule has 3 heterocycles. The van der Waals surface area contributed by atoms with Crippen molar-refractivity contribution in [3.63, 3.8) is 0 Å². The van der Waals surface area contributed by atoms with Crippen molar-refractivity contribution < 1.29 is 12.8 Å². The third-order valence-corrected chi connectivity index (χ3v) is 7.41. The predicted molar refractivity (Wildman–Crippen MR) is 115 cm³/mol. The van der Waals surface area contributed by atoms with Gasteiger partial charge in [-0.3, -0.25) is 5.43 Å². The van der Waals surface area contributed by atoms with Gasteiger partial charge in [-0.15, -0.1) is 11.3 Å².